The fourth-order valence-corrected chi connectivity index (χ4v) is 2.20. The van der Waals surface area contributed by atoms with E-state index in [-0.39, 0.29) is 6.04 Å². The van der Waals surface area contributed by atoms with Gasteiger partial charge in [-0.3, -0.25) is 0 Å². The van der Waals surface area contributed by atoms with Gasteiger partial charge in [-0.1, -0.05) is 23.7 Å². The van der Waals surface area contributed by atoms with Crippen molar-refractivity contribution in [3.8, 4) is 0 Å². The first kappa shape index (κ1) is 11.6. The zero-order chi connectivity index (χ0) is 11.7. The van der Waals surface area contributed by atoms with Gasteiger partial charge >= 0.3 is 0 Å². The molecule has 84 valence electrons. The number of aryl methyl sites for hydroxylation is 1. The van der Waals surface area contributed by atoms with E-state index in [1.165, 1.54) is 0 Å². The monoisotopic (exact) mass is 299 g/mol. The summed E-state index contributed by atoms with van der Waals surface area (Å²) in [5.41, 5.74) is 7.01. The molecule has 0 saturated carbocycles. The first-order chi connectivity index (χ1) is 7.61. The lowest BCUT2D eigenvalue weighted by Gasteiger charge is -2.14. The summed E-state index contributed by atoms with van der Waals surface area (Å²) in [7, 11) is 1.91. The van der Waals surface area contributed by atoms with Crippen LogP contribution in [0.3, 0.4) is 0 Å². The van der Waals surface area contributed by atoms with Gasteiger partial charge in [-0.25, -0.2) is 4.98 Å². The molecule has 0 aliphatic carbocycles. The van der Waals surface area contributed by atoms with E-state index in [4.69, 9.17) is 17.3 Å². The molecule has 5 heteroatoms. The molecule has 2 aromatic rings. The Hall–Kier alpha value is -0.840. The number of rotatable bonds is 2. The van der Waals surface area contributed by atoms with Crippen molar-refractivity contribution in [3.05, 3.63) is 51.5 Å². The van der Waals surface area contributed by atoms with Crippen molar-refractivity contribution in [2.45, 2.75) is 6.04 Å². The van der Waals surface area contributed by atoms with Gasteiger partial charge in [0.1, 0.15) is 5.82 Å². The lowest BCUT2D eigenvalue weighted by molar-refractivity contribution is 0.717. The summed E-state index contributed by atoms with van der Waals surface area (Å²) >= 11 is 9.57. The molecule has 1 aromatic carbocycles. The van der Waals surface area contributed by atoms with Gasteiger partial charge in [-0.05, 0) is 27.6 Å². The van der Waals surface area contributed by atoms with Gasteiger partial charge in [-0.2, -0.15) is 0 Å². The van der Waals surface area contributed by atoms with Gasteiger partial charge in [0.2, 0.25) is 0 Å². The van der Waals surface area contributed by atoms with Crippen molar-refractivity contribution in [2.24, 2.45) is 12.8 Å². The number of nitrogens with two attached hydrogens (primary N) is 1. The topological polar surface area (TPSA) is 43.8 Å². The Bertz CT molecular complexity index is 510. The molecule has 0 aliphatic rings. The molecule has 0 bridgehead atoms. The molecule has 16 heavy (non-hydrogen) atoms. The van der Waals surface area contributed by atoms with Crippen molar-refractivity contribution < 1.29 is 0 Å². The van der Waals surface area contributed by atoms with Crippen LogP contribution in [-0.2, 0) is 7.05 Å². The maximum Gasteiger partial charge on any atom is 0.130 e. The lowest BCUT2D eigenvalue weighted by atomic mass is 10.1. The SMILES string of the molecule is Cn1ccnc1C(N)c1cccc(Br)c1Cl. The molecule has 1 atom stereocenters. The average molecular weight is 301 g/mol. The van der Waals surface area contributed by atoms with E-state index < -0.39 is 0 Å². The van der Waals surface area contributed by atoms with Gasteiger partial charge in [0.15, 0.2) is 0 Å². The van der Waals surface area contributed by atoms with E-state index in [1.54, 1.807) is 6.20 Å². The third kappa shape index (κ3) is 2.00. The van der Waals surface area contributed by atoms with E-state index in [1.807, 2.05) is 36.0 Å². The molecule has 0 aliphatic heterocycles. The standard InChI is InChI=1S/C11H11BrClN3/c1-16-6-5-15-11(16)10(14)7-3-2-4-8(12)9(7)13/h2-6,10H,14H2,1H3. The summed E-state index contributed by atoms with van der Waals surface area (Å²) in [6, 6.07) is 5.39. The Labute approximate surface area is 107 Å². The number of aromatic nitrogens is 2. The molecule has 3 nitrogen and oxygen atoms in total. The molecule has 0 radical (unpaired) electrons. The maximum atomic E-state index is 6.19. The highest BCUT2D eigenvalue weighted by atomic mass is 79.9. The predicted molar refractivity (Wildman–Crippen MR) is 68.4 cm³/mol. The second kappa shape index (κ2) is 4.57. The minimum atomic E-state index is -0.315. The fraction of sp³-hybridized carbons (Fsp3) is 0.182. The minimum Gasteiger partial charge on any atom is -0.336 e. The second-order valence-corrected chi connectivity index (χ2v) is 4.75. The van der Waals surface area contributed by atoms with Gasteiger partial charge in [0, 0.05) is 23.9 Å². The first-order valence-electron chi connectivity index (χ1n) is 4.78. The van der Waals surface area contributed by atoms with E-state index in [0.29, 0.717) is 5.02 Å². The third-order valence-electron chi connectivity index (χ3n) is 2.45. The largest absolute Gasteiger partial charge is 0.336 e. The molecular weight excluding hydrogens is 289 g/mol. The lowest BCUT2D eigenvalue weighted by Crippen LogP contribution is -2.17. The molecule has 0 saturated heterocycles. The van der Waals surface area contributed by atoms with Crippen LogP contribution in [-0.4, -0.2) is 9.55 Å². The summed E-state index contributed by atoms with van der Waals surface area (Å²) in [5.74, 6) is 0.792. The molecule has 2 N–H and O–H groups in total. The number of imidazole rings is 1. The Morgan fingerprint density at radius 3 is 2.88 bits per heavy atom. The molecule has 0 spiro atoms. The smallest absolute Gasteiger partial charge is 0.130 e. The third-order valence-corrected chi connectivity index (χ3v) is 3.76. The highest BCUT2D eigenvalue weighted by molar-refractivity contribution is 9.10. The summed E-state index contributed by atoms with van der Waals surface area (Å²) in [5, 5.41) is 0.637. The quantitative estimate of drug-likeness (QED) is 0.927. The summed E-state index contributed by atoms with van der Waals surface area (Å²) in [6.07, 6.45) is 3.59. The summed E-state index contributed by atoms with van der Waals surface area (Å²) in [6.45, 7) is 0. The average Bonchev–Trinajstić information content (AvgIpc) is 2.68. The van der Waals surface area contributed by atoms with Gasteiger partial charge in [0.25, 0.3) is 0 Å². The van der Waals surface area contributed by atoms with Crippen LogP contribution in [0.2, 0.25) is 5.02 Å². The van der Waals surface area contributed by atoms with Crippen molar-refractivity contribution >= 4 is 27.5 Å². The van der Waals surface area contributed by atoms with E-state index in [9.17, 15) is 0 Å². The van der Waals surface area contributed by atoms with Gasteiger partial charge in [0.05, 0.1) is 11.1 Å². The Kier molecular flexibility index (Phi) is 3.33. The zero-order valence-electron chi connectivity index (χ0n) is 8.69. The fourth-order valence-electron chi connectivity index (χ4n) is 1.58. The van der Waals surface area contributed by atoms with E-state index in [2.05, 4.69) is 20.9 Å². The van der Waals surface area contributed by atoms with Crippen LogP contribution >= 0.6 is 27.5 Å². The highest BCUT2D eigenvalue weighted by Crippen LogP contribution is 2.31. The van der Waals surface area contributed by atoms with Crippen molar-refractivity contribution in [3.63, 3.8) is 0 Å². The van der Waals surface area contributed by atoms with Crippen LogP contribution in [0.5, 0.6) is 0 Å². The van der Waals surface area contributed by atoms with Crippen LogP contribution in [0.4, 0.5) is 0 Å². The Balaban J connectivity index is 2.46. The van der Waals surface area contributed by atoms with Crippen molar-refractivity contribution in [1.29, 1.82) is 0 Å². The van der Waals surface area contributed by atoms with Crippen molar-refractivity contribution in [2.75, 3.05) is 0 Å². The highest BCUT2D eigenvalue weighted by Gasteiger charge is 2.17. The van der Waals surface area contributed by atoms with Crippen LogP contribution in [0.1, 0.15) is 17.4 Å². The molecule has 1 unspecified atom stereocenters. The Morgan fingerprint density at radius 2 is 2.25 bits per heavy atom. The molecule has 1 aromatic heterocycles. The van der Waals surface area contributed by atoms with E-state index >= 15 is 0 Å². The summed E-state index contributed by atoms with van der Waals surface area (Å²) in [4.78, 5) is 4.23. The van der Waals surface area contributed by atoms with Crippen LogP contribution in [0, 0.1) is 0 Å². The molecule has 2 rings (SSSR count). The predicted octanol–water partition coefficient (Wildman–Crippen LogP) is 2.88. The number of hydrogen-bond donors (Lipinski definition) is 1. The van der Waals surface area contributed by atoms with Crippen LogP contribution in [0.15, 0.2) is 35.1 Å². The maximum absolute atomic E-state index is 6.19. The Morgan fingerprint density at radius 1 is 1.50 bits per heavy atom. The zero-order valence-corrected chi connectivity index (χ0v) is 11.0. The normalized spacial score (nSPS) is 12.8. The van der Waals surface area contributed by atoms with Gasteiger partial charge in [-0.15, -0.1) is 0 Å². The number of nitrogens with zero attached hydrogens (tertiary/aromatic N) is 2. The summed E-state index contributed by atoms with van der Waals surface area (Å²) < 4.78 is 2.73. The van der Waals surface area contributed by atoms with Crippen LogP contribution in [0.25, 0.3) is 0 Å². The van der Waals surface area contributed by atoms with Crippen molar-refractivity contribution in [1.82, 2.24) is 9.55 Å². The molecule has 1 heterocycles. The van der Waals surface area contributed by atoms with Gasteiger partial charge < -0.3 is 10.3 Å². The van der Waals surface area contributed by atoms with Crippen LogP contribution < -0.4 is 5.73 Å². The minimum absolute atomic E-state index is 0.315. The number of benzene rings is 1. The second-order valence-electron chi connectivity index (χ2n) is 3.52. The molecule has 0 fully saturated rings. The number of hydrogen-bond acceptors (Lipinski definition) is 2. The molecular formula is C11H11BrClN3. The molecule has 0 amide bonds. The first-order valence-corrected chi connectivity index (χ1v) is 5.95. The van der Waals surface area contributed by atoms with E-state index in [0.717, 1.165) is 15.9 Å². The number of halogens is 2.